The van der Waals surface area contributed by atoms with Crippen LogP contribution in [0.5, 0.6) is 0 Å². The Morgan fingerprint density at radius 1 is 1.40 bits per heavy atom. The maximum atomic E-state index is 6.13. The van der Waals surface area contributed by atoms with Crippen LogP contribution < -0.4 is 4.98 Å². The lowest BCUT2D eigenvalue weighted by molar-refractivity contribution is 0.391. The van der Waals surface area contributed by atoms with Crippen LogP contribution in [0.2, 0.25) is 5.54 Å². The van der Waals surface area contributed by atoms with Gasteiger partial charge in [-0.25, -0.2) is 0 Å². The molecule has 0 aromatic rings. The molecular formula is C7H18ClNSi. The predicted molar refractivity (Wildman–Crippen MR) is 50.9 cm³/mol. The number of rotatable bonds is 2. The summed E-state index contributed by atoms with van der Waals surface area (Å²) < 4.78 is 0. The van der Waals surface area contributed by atoms with Crippen LogP contribution in [0, 0.1) is 5.41 Å². The molecule has 62 valence electrons. The molecule has 10 heavy (non-hydrogen) atoms. The van der Waals surface area contributed by atoms with Gasteiger partial charge in [0.05, 0.1) is 0 Å². The third-order valence-corrected chi connectivity index (χ3v) is 6.30. The normalized spacial score (nSPS) is 18.6. The highest BCUT2D eigenvalue weighted by molar-refractivity contribution is 7.06. The summed E-state index contributed by atoms with van der Waals surface area (Å²) in [7, 11) is 0.772. The van der Waals surface area contributed by atoms with E-state index in [1.807, 2.05) is 7.05 Å². The van der Waals surface area contributed by atoms with Crippen molar-refractivity contribution in [3.05, 3.63) is 0 Å². The van der Waals surface area contributed by atoms with Crippen molar-refractivity contribution in [2.45, 2.75) is 33.2 Å². The molecule has 2 atom stereocenters. The Morgan fingerprint density at radius 2 is 1.80 bits per heavy atom. The Hall–Kier alpha value is 0.467. The SMILES string of the molecule is CN[SiH](Cl)C(C)C(C)(C)C. The fraction of sp³-hybridized carbons (Fsp3) is 1.00. The van der Waals surface area contributed by atoms with E-state index in [9.17, 15) is 0 Å². The topological polar surface area (TPSA) is 12.0 Å². The second-order valence-electron chi connectivity index (χ2n) is 3.85. The van der Waals surface area contributed by atoms with Gasteiger partial charge in [-0.05, 0) is 18.0 Å². The van der Waals surface area contributed by atoms with Gasteiger partial charge in [0.2, 0.25) is 8.27 Å². The molecule has 0 rings (SSSR count). The zero-order valence-corrected chi connectivity index (χ0v) is 9.44. The van der Waals surface area contributed by atoms with Gasteiger partial charge in [0.15, 0.2) is 0 Å². The quantitative estimate of drug-likeness (QED) is 0.506. The molecule has 0 fully saturated rings. The molecule has 0 heterocycles. The summed E-state index contributed by atoms with van der Waals surface area (Å²) in [5, 5.41) is 0. The van der Waals surface area contributed by atoms with Crippen molar-refractivity contribution in [1.82, 2.24) is 4.98 Å². The zero-order chi connectivity index (χ0) is 8.36. The molecule has 0 radical (unpaired) electrons. The van der Waals surface area contributed by atoms with E-state index in [0.29, 0.717) is 11.0 Å². The highest BCUT2D eigenvalue weighted by Gasteiger charge is 2.27. The summed E-state index contributed by atoms with van der Waals surface area (Å²) in [4.78, 5) is 3.18. The summed E-state index contributed by atoms with van der Waals surface area (Å²) in [5.74, 6) is 0. The average molecular weight is 180 g/mol. The van der Waals surface area contributed by atoms with E-state index in [2.05, 4.69) is 32.7 Å². The number of halogens is 1. The van der Waals surface area contributed by atoms with Crippen LogP contribution in [0.25, 0.3) is 0 Å². The molecule has 1 nitrogen and oxygen atoms in total. The molecule has 2 unspecified atom stereocenters. The van der Waals surface area contributed by atoms with E-state index in [1.165, 1.54) is 0 Å². The van der Waals surface area contributed by atoms with Crippen molar-refractivity contribution in [3.63, 3.8) is 0 Å². The van der Waals surface area contributed by atoms with E-state index in [-0.39, 0.29) is 0 Å². The summed E-state index contributed by atoms with van der Waals surface area (Å²) in [5.41, 5.74) is 0.973. The lowest BCUT2D eigenvalue weighted by Gasteiger charge is -2.29. The van der Waals surface area contributed by atoms with Crippen LogP contribution >= 0.6 is 11.1 Å². The van der Waals surface area contributed by atoms with Crippen molar-refractivity contribution in [2.75, 3.05) is 7.05 Å². The van der Waals surface area contributed by atoms with E-state index in [4.69, 9.17) is 11.1 Å². The van der Waals surface area contributed by atoms with Gasteiger partial charge < -0.3 is 4.98 Å². The summed E-state index contributed by atoms with van der Waals surface area (Å²) >= 11 is 6.13. The molecule has 1 N–H and O–H groups in total. The summed E-state index contributed by atoms with van der Waals surface area (Å²) in [6.07, 6.45) is 0. The smallest absolute Gasteiger partial charge is 0.214 e. The molecule has 0 aliphatic rings. The molecule has 0 aliphatic heterocycles. The number of hydrogen-bond donors (Lipinski definition) is 1. The van der Waals surface area contributed by atoms with Crippen molar-refractivity contribution in [1.29, 1.82) is 0 Å². The maximum Gasteiger partial charge on any atom is 0.214 e. The maximum absolute atomic E-state index is 6.13. The fourth-order valence-electron chi connectivity index (χ4n) is 0.689. The average Bonchev–Trinajstić information content (AvgIpc) is 1.83. The van der Waals surface area contributed by atoms with E-state index >= 15 is 0 Å². The molecule has 0 spiro atoms. The first-order valence-corrected chi connectivity index (χ1v) is 6.70. The largest absolute Gasteiger partial charge is 0.330 e. The standard InChI is InChI=1S/C7H18ClNSi/c1-6(7(2,3)4)10(8)9-5/h6,9-10H,1-5H3. The Balaban J connectivity index is 3.94. The third kappa shape index (κ3) is 3.04. The summed E-state index contributed by atoms with van der Waals surface area (Å²) in [6, 6.07) is 0. The lowest BCUT2D eigenvalue weighted by Crippen LogP contribution is -2.34. The van der Waals surface area contributed by atoms with Gasteiger partial charge in [0, 0.05) is 0 Å². The van der Waals surface area contributed by atoms with Gasteiger partial charge in [0.1, 0.15) is 0 Å². The minimum absolute atomic E-state index is 0.349. The van der Waals surface area contributed by atoms with Crippen molar-refractivity contribution in [2.24, 2.45) is 5.41 Å². The highest BCUT2D eigenvalue weighted by Crippen LogP contribution is 2.33. The van der Waals surface area contributed by atoms with Crippen molar-refractivity contribution in [3.8, 4) is 0 Å². The predicted octanol–water partition coefficient (Wildman–Crippen LogP) is 2.10. The van der Waals surface area contributed by atoms with Crippen LogP contribution in [0.15, 0.2) is 0 Å². The summed E-state index contributed by atoms with van der Waals surface area (Å²) in [6.45, 7) is 8.92. The van der Waals surface area contributed by atoms with E-state index in [0.717, 1.165) is 0 Å². The molecule has 0 saturated carbocycles. The lowest BCUT2D eigenvalue weighted by atomic mass is 9.93. The Bertz CT molecular complexity index is 100. The fourth-order valence-corrected chi connectivity index (χ4v) is 3.20. The molecule has 0 aromatic heterocycles. The third-order valence-electron chi connectivity index (χ3n) is 2.08. The molecule has 0 aliphatic carbocycles. The highest BCUT2D eigenvalue weighted by atomic mass is 35.6. The molecule has 0 aromatic carbocycles. The Morgan fingerprint density at radius 3 is 1.90 bits per heavy atom. The monoisotopic (exact) mass is 179 g/mol. The first kappa shape index (κ1) is 10.5. The van der Waals surface area contributed by atoms with Crippen molar-refractivity contribution >= 4 is 19.3 Å². The molecule has 0 amide bonds. The Labute approximate surface area is 70.5 Å². The van der Waals surface area contributed by atoms with Crippen LogP contribution in [-0.4, -0.2) is 15.3 Å². The number of nitrogens with one attached hydrogen (secondary N) is 1. The van der Waals surface area contributed by atoms with Crippen LogP contribution in [-0.2, 0) is 0 Å². The van der Waals surface area contributed by atoms with Crippen LogP contribution in [0.1, 0.15) is 27.7 Å². The van der Waals surface area contributed by atoms with Crippen molar-refractivity contribution < 1.29 is 0 Å². The van der Waals surface area contributed by atoms with Gasteiger partial charge in [-0.15, -0.1) is 0 Å². The van der Waals surface area contributed by atoms with Gasteiger partial charge >= 0.3 is 0 Å². The molecule has 3 heteroatoms. The van der Waals surface area contributed by atoms with Crippen LogP contribution in [0.3, 0.4) is 0 Å². The second-order valence-corrected chi connectivity index (χ2v) is 7.64. The number of hydrogen-bond acceptors (Lipinski definition) is 1. The minimum atomic E-state index is -1.18. The second kappa shape index (κ2) is 3.74. The van der Waals surface area contributed by atoms with Gasteiger partial charge in [-0.1, -0.05) is 27.7 Å². The van der Waals surface area contributed by atoms with E-state index < -0.39 is 8.27 Å². The first-order valence-electron chi connectivity index (χ1n) is 3.71. The van der Waals surface area contributed by atoms with Gasteiger partial charge in [0.25, 0.3) is 0 Å². The Kier molecular flexibility index (Phi) is 3.92. The van der Waals surface area contributed by atoms with Crippen LogP contribution in [0.4, 0.5) is 0 Å². The first-order chi connectivity index (χ1) is 4.39. The minimum Gasteiger partial charge on any atom is -0.330 e. The molecule has 0 saturated heterocycles. The zero-order valence-electron chi connectivity index (χ0n) is 7.53. The van der Waals surface area contributed by atoms with Gasteiger partial charge in [-0.3, -0.25) is 0 Å². The molecule has 0 bridgehead atoms. The van der Waals surface area contributed by atoms with Gasteiger partial charge in [-0.2, -0.15) is 11.1 Å². The molecular weight excluding hydrogens is 162 g/mol. The van der Waals surface area contributed by atoms with E-state index in [1.54, 1.807) is 0 Å².